The van der Waals surface area contributed by atoms with E-state index in [1.165, 1.54) is 45.2 Å². The van der Waals surface area contributed by atoms with Crippen molar-refractivity contribution >= 4 is 17.2 Å². The van der Waals surface area contributed by atoms with Crippen LogP contribution in [-0.4, -0.2) is 57.0 Å². The van der Waals surface area contributed by atoms with Gasteiger partial charge in [0.2, 0.25) is 5.91 Å². The first kappa shape index (κ1) is 18.8. The molecular formula is C24H30N4OS. The Morgan fingerprint density at radius 3 is 2.97 bits per heavy atom. The Balaban J connectivity index is 1.22. The van der Waals surface area contributed by atoms with Gasteiger partial charge >= 0.3 is 0 Å². The van der Waals surface area contributed by atoms with Gasteiger partial charge < -0.3 is 9.47 Å². The van der Waals surface area contributed by atoms with Crippen LogP contribution in [0.5, 0.6) is 0 Å². The average molecular weight is 423 g/mol. The summed E-state index contributed by atoms with van der Waals surface area (Å²) in [4.78, 5) is 23.1. The number of hydrogen-bond acceptors (Lipinski definition) is 4. The Bertz CT molecular complexity index is 948. The molecule has 4 atom stereocenters. The van der Waals surface area contributed by atoms with Crippen LogP contribution in [0.4, 0.5) is 0 Å². The first-order valence-electron chi connectivity index (χ1n) is 11.6. The zero-order valence-corrected chi connectivity index (χ0v) is 18.3. The lowest BCUT2D eigenvalue weighted by Gasteiger charge is -2.54. The lowest BCUT2D eigenvalue weighted by Crippen LogP contribution is -2.60. The highest BCUT2D eigenvalue weighted by molar-refractivity contribution is 7.12. The van der Waals surface area contributed by atoms with Crippen molar-refractivity contribution in [3.8, 4) is 5.13 Å². The number of carbonyl (C=O) groups is 1. The third kappa shape index (κ3) is 3.25. The molecule has 3 aliphatic heterocycles. The molecule has 3 saturated heterocycles. The molecule has 0 unspecified atom stereocenters. The Morgan fingerprint density at radius 2 is 2.07 bits per heavy atom. The van der Waals surface area contributed by atoms with Crippen LogP contribution < -0.4 is 0 Å². The van der Waals surface area contributed by atoms with E-state index in [4.69, 9.17) is 4.98 Å². The van der Waals surface area contributed by atoms with Crippen molar-refractivity contribution < 1.29 is 4.79 Å². The predicted octanol–water partition coefficient (Wildman–Crippen LogP) is 3.90. The lowest BCUT2D eigenvalue weighted by atomic mass is 9.68. The highest BCUT2D eigenvalue weighted by Crippen LogP contribution is 2.45. The zero-order valence-electron chi connectivity index (χ0n) is 17.4. The summed E-state index contributed by atoms with van der Waals surface area (Å²) in [6.07, 6.45) is 14.7. The molecule has 0 saturated carbocycles. The molecule has 158 valence electrons. The van der Waals surface area contributed by atoms with Gasteiger partial charge in [0.05, 0.1) is 18.2 Å². The molecule has 30 heavy (non-hydrogen) atoms. The van der Waals surface area contributed by atoms with Crippen molar-refractivity contribution in [1.29, 1.82) is 0 Å². The molecule has 0 radical (unpaired) electrons. The summed E-state index contributed by atoms with van der Waals surface area (Å²) in [6, 6.07) is 5.09. The average Bonchev–Trinajstić information content (AvgIpc) is 3.45. The second-order valence-electron chi connectivity index (χ2n) is 9.48. The van der Waals surface area contributed by atoms with Crippen molar-refractivity contribution in [3.05, 3.63) is 47.2 Å². The topological polar surface area (TPSA) is 41.4 Å². The fourth-order valence-electron chi connectivity index (χ4n) is 6.47. The molecular weight excluding hydrogens is 392 g/mol. The minimum Gasteiger partial charge on any atom is -0.335 e. The third-order valence-electron chi connectivity index (χ3n) is 7.67. The maximum Gasteiger partial charge on any atom is 0.229 e. The van der Waals surface area contributed by atoms with Crippen LogP contribution in [0.1, 0.15) is 44.2 Å². The number of fused-ring (bicyclic) bond motifs is 6. The summed E-state index contributed by atoms with van der Waals surface area (Å²) >= 11 is 1.61. The van der Waals surface area contributed by atoms with Gasteiger partial charge in [-0.25, -0.2) is 4.98 Å². The maximum atomic E-state index is 13.4. The minimum absolute atomic E-state index is 0.258. The molecule has 5 nitrogen and oxygen atoms in total. The molecule has 5 heterocycles. The number of rotatable bonds is 3. The molecule has 1 amide bonds. The fraction of sp³-hybridized carbons (Fsp3) is 0.583. The fourth-order valence-corrected chi connectivity index (χ4v) is 7.26. The number of hydrogen-bond donors (Lipinski definition) is 0. The number of likely N-dealkylation sites (tertiary alicyclic amines) is 1. The number of thiazole rings is 1. The second kappa shape index (κ2) is 7.65. The van der Waals surface area contributed by atoms with Gasteiger partial charge in [-0.3, -0.25) is 9.69 Å². The van der Waals surface area contributed by atoms with E-state index in [1.807, 2.05) is 34.5 Å². The van der Waals surface area contributed by atoms with Gasteiger partial charge in [0, 0.05) is 36.9 Å². The van der Waals surface area contributed by atoms with Gasteiger partial charge in [0.25, 0.3) is 0 Å². The normalized spacial score (nSPS) is 31.1. The van der Waals surface area contributed by atoms with Crippen LogP contribution in [0.25, 0.3) is 5.13 Å². The van der Waals surface area contributed by atoms with E-state index < -0.39 is 0 Å². The Kier molecular flexibility index (Phi) is 4.80. The van der Waals surface area contributed by atoms with Crippen molar-refractivity contribution in [1.82, 2.24) is 19.4 Å². The quantitative estimate of drug-likeness (QED) is 0.705. The van der Waals surface area contributed by atoms with Crippen molar-refractivity contribution in [2.45, 2.75) is 57.0 Å². The molecule has 1 aliphatic carbocycles. The number of aromatic nitrogens is 2. The van der Waals surface area contributed by atoms with E-state index in [-0.39, 0.29) is 5.91 Å². The van der Waals surface area contributed by atoms with Crippen LogP contribution >= 0.6 is 11.3 Å². The lowest BCUT2D eigenvalue weighted by molar-refractivity contribution is -0.135. The molecule has 2 aromatic rings. The Hall–Kier alpha value is -1.92. The molecule has 6 rings (SSSR count). The van der Waals surface area contributed by atoms with E-state index in [0.717, 1.165) is 29.8 Å². The highest BCUT2D eigenvalue weighted by Gasteiger charge is 2.46. The first-order valence-corrected chi connectivity index (χ1v) is 12.5. The Labute approximate surface area is 182 Å². The monoisotopic (exact) mass is 422 g/mol. The summed E-state index contributed by atoms with van der Waals surface area (Å²) in [7, 11) is 0. The summed E-state index contributed by atoms with van der Waals surface area (Å²) < 4.78 is 2.01. The van der Waals surface area contributed by atoms with Crippen LogP contribution in [0.15, 0.2) is 41.6 Å². The minimum atomic E-state index is 0.258. The van der Waals surface area contributed by atoms with Crippen molar-refractivity contribution in [3.63, 3.8) is 0 Å². The summed E-state index contributed by atoms with van der Waals surface area (Å²) in [5.74, 6) is 1.58. The largest absolute Gasteiger partial charge is 0.335 e. The van der Waals surface area contributed by atoms with Gasteiger partial charge in [0.1, 0.15) is 0 Å². The third-order valence-corrected chi connectivity index (χ3v) is 8.58. The van der Waals surface area contributed by atoms with Crippen LogP contribution in [0, 0.1) is 11.8 Å². The van der Waals surface area contributed by atoms with Gasteiger partial charge in [-0.1, -0.05) is 18.1 Å². The SMILES string of the molecule is O=C(Cc1csc(-n2cccc2)n1)N1CCCC2=C[C@@H]3C[C@@H](CN4CCCC[C@H]34)[C@@H]21. The maximum absolute atomic E-state index is 13.4. The highest BCUT2D eigenvalue weighted by atomic mass is 32.1. The summed E-state index contributed by atoms with van der Waals surface area (Å²) in [5.41, 5.74) is 2.46. The first-order chi connectivity index (χ1) is 14.8. The van der Waals surface area contributed by atoms with Gasteiger partial charge in [-0.2, -0.15) is 0 Å². The van der Waals surface area contributed by atoms with Crippen LogP contribution in [-0.2, 0) is 11.2 Å². The van der Waals surface area contributed by atoms with Gasteiger partial charge in [0.15, 0.2) is 5.13 Å². The summed E-state index contributed by atoms with van der Waals surface area (Å²) in [5, 5.41) is 2.98. The molecule has 2 bridgehead atoms. The van der Waals surface area contributed by atoms with E-state index in [2.05, 4.69) is 15.9 Å². The number of carbonyl (C=O) groups excluding carboxylic acids is 1. The van der Waals surface area contributed by atoms with E-state index in [1.54, 1.807) is 16.9 Å². The van der Waals surface area contributed by atoms with Gasteiger partial charge in [-0.15, -0.1) is 11.3 Å². The standard InChI is InChI=1S/C24H30N4OS/c29-22(14-20-16-30-24(25-20)26-8-3-4-9-26)28-11-5-6-17-12-18-13-19(23(17)28)15-27-10-2-1-7-21(18)27/h3-4,8-9,12,16,18-19,21,23H,1-2,5-7,10-11,13-15H2/t18-,19+,21-,23-/m1/s1. The van der Waals surface area contributed by atoms with Crippen molar-refractivity contribution in [2.75, 3.05) is 19.6 Å². The predicted molar refractivity (Wildman–Crippen MR) is 119 cm³/mol. The molecule has 2 aromatic heterocycles. The smallest absolute Gasteiger partial charge is 0.229 e. The molecule has 3 fully saturated rings. The molecule has 6 heteroatoms. The Morgan fingerprint density at radius 1 is 1.17 bits per heavy atom. The zero-order chi connectivity index (χ0) is 20.1. The second-order valence-corrected chi connectivity index (χ2v) is 10.3. The molecule has 0 spiro atoms. The van der Waals surface area contributed by atoms with E-state index in [0.29, 0.717) is 24.3 Å². The van der Waals surface area contributed by atoms with E-state index >= 15 is 0 Å². The number of nitrogens with zero attached hydrogens (tertiary/aromatic N) is 4. The van der Waals surface area contributed by atoms with Crippen LogP contribution in [0.2, 0.25) is 0 Å². The number of piperidine rings is 3. The molecule has 0 N–H and O–H groups in total. The number of amides is 1. The molecule has 4 aliphatic rings. The summed E-state index contributed by atoms with van der Waals surface area (Å²) in [6.45, 7) is 3.34. The van der Waals surface area contributed by atoms with E-state index in [9.17, 15) is 4.79 Å². The molecule has 0 aromatic carbocycles. The van der Waals surface area contributed by atoms with Gasteiger partial charge in [-0.05, 0) is 62.6 Å². The van der Waals surface area contributed by atoms with Crippen LogP contribution in [0.3, 0.4) is 0 Å². The van der Waals surface area contributed by atoms with Crippen molar-refractivity contribution in [2.24, 2.45) is 11.8 Å².